The van der Waals surface area contributed by atoms with Gasteiger partial charge in [-0.15, -0.1) is 0 Å². The fourth-order valence-electron chi connectivity index (χ4n) is 3.49. The number of nitrogens with zero attached hydrogens (tertiary/aromatic N) is 1. The third-order valence-electron chi connectivity index (χ3n) is 5.02. The van der Waals surface area contributed by atoms with Crippen LogP contribution >= 0.6 is 11.8 Å². The Bertz CT molecular complexity index is 1010. The average Bonchev–Trinajstić information content (AvgIpc) is 2.75. The largest absolute Gasteiger partial charge is 0.496 e. The first-order valence-corrected chi connectivity index (χ1v) is 10.9. The summed E-state index contributed by atoms with van der Waals surface area (Å²) >= 11 is 1.73. The highest BCUT2D eigenvalue weighted by Gasteiger charge is 2.17. The molecule has 0 aliphatic heterocycles. The monoisotopic (exact) mass is 409 g/mol. The third kappa shape index (κ3) is 4.35. The van der Waals surface area contributed by atoms with Gasteiger partial charge in [0, 0.05) is 24.9 Å². The van der Waals surface area contributed by atoms with Gasteiger partial charge in [-0.2, -0.15) is 11.8 Å². The van der Waals surface area contributed by atoms with Gasteiger partial charge in [0.15, 0.2) is 0 Å². The summed E-state index contributed by atoms with van der Waals surface area (Å²) in [5.74, 6) is 2.50. The van der Waals surface area contributed by atoms with Crippen LogP contribution < -0.4 is 9.47 Å². The van der Waals surface area contributed by atoms with E-state index >= 15 is 0 Å². The number of hydrogen-bond acceptors (Lipinski definition) is 4. The van der Waals surface area contributed by atoms with E-state index in [1.807, 2.05) is 62.7 Å². The molecule has 0 aliphatic carbocycles. The van der Waals surface area contributed by atoms with Gasteiger partial charge in [0.25, 0.3) is 5.91 Å². The van der Waals surface area contributed by atoms with E-state index in [0.717, 1.165) is 51.3 Å². The molecule has 0 bridgehead atoms. The molecule has 0 radical (unpaired) electrons. The number of carbonyl (C=O) groups is 1. The summed E-state index contributed by atoms with van der Waals surface area (Å²) < 4.78 is 11.3. The summed E-state index contributed by atoms with van der Waals surface area (Å²) in [6.45, 7) is 2.75. The number of hydrogen-bond donors (Lipinski definition) is 0. The van der Waals surface area contributed by atoms with E-state index in [1.165, 1.54) is 0 Å². The van der Waals surface area contributed by atoms with Crippen LogP contribution in [0.4, 0.5) is 0 Å². The summed E-state index contributed by atoms with van der Waals surface area (Å²) in [5, 5.41) is 2.06. The maximum atomic E-state index is 12.8. The molecule has 5 heteroatoms. The second-order valence-corrected chi connectivity index (χ2v) is 7.99. The molecule has 0 unspecified atom stereocenters. The maximum absolute atomic E-state index is 12.8. The summed E-state index contributed by atoms with van der Waals surface area (Å²) in [7, 11) is 5.19. The van der Waals surface area contributed by atoms with Crippen molar-refractivity contribution in [2.75, 3.05) is 39.8 Å². The van der Waals surface area contributed by atoms with Gasteiger partial charge in [0.05, 0.1) is 19.8 Å². The molecule has 0 saturated heterocycles. The van der Waals surface area contributed by atoms with E-state index in [4.69, 9.17) is 9.47 Å². The van der Waals surface area contributed by atoms with Gasteiger partial charge in [0.1, 0.15) is 11.5 Å². The van der Waals surface area contributed by atoms with Crippen LogP contribution in [-0.4, -0.2) is 50.6 Å². The number of thioether (sulfide) groups is 1. The molecule has 0 aliphatic rings. The molecule has 1 amide bonds. The molecule has 0 fully saturated rings. The molecule has 0 aromatic heterocycles. The Hall–Kier alpha value is -2.66. The van der Waals surface area contributed by atoms with Crippen LogP contribution in [-0.2, 0) is 0 Å². The molecule has 0 N–H and O–H groups in total. The Balaban J connectivity index is 2.10. The lowest BCUT2D eigenvalue weighted by molar-refractivity contribution is 0.0804. The highest BCUT2D eigenvalue weighted by Crippen LogP contribution is 2.42. The summed E-state index contributed by atoms with van der Waals surface area (Å²) in [5.41, 5.74) is 3.71. The van der Waals surface area contributed by atoms with E-state index in [-0.39, 0.29) is 5.91 Å². The molecule has 152 valence electrons. The number of amides is 1. The molecular weight excluding hydrogens is 382 g/mol. The highest BCUT2D eigenvalue weighted by molar-refractivity contribution is 7.98. The van der Waals surface area contributed by atoms with Crippen LogP contribution in [0.25, 0.3) is 21.9 Å². The van der Waals surface area contributed by atoms with Crippen molar-refractivity contribution in [3.63, 3.8) is 0 Å². The minimum Gasteiger partial charge on any atom is -0.496 e. The highest BCUT2D eigenvalue weighted by atomic mass is 32.2. The second kappa shape index (κ2) is 9.23. The van der Waals surface area contributed by atoms with Gasteiger partial charge < -0.3 is 14.4 Å². The fourth-order valence-corrected chi connectivity index (χ4v) is 3.95. The SMILES string of the molecule is COc1cc(C)cc(OC)c1-c1cccc2cc(C(=O)N(C)CCSC)ccc12. The van der Waals surface area contributed by atoms with Crippen molar-refractivity contribution >= 4 is 28.4 Å². The Morgan fingerprint density at radius 1 is 1.03 bits per heavy atom. The van der Waals surface area contributed by atoms with Crippen LogP contribution in [0, 0.1) is 6.92 Å². The normalized spacial score (nSPS) is 10.8. The molecule has 0 saturated carbocycles. The minimum atomic E-state index is 0.0388. The maximum Gasteiger partial charge on any atom is 0.253 e. The molecule has 0 atom stereocenters. The number of ether oxygens (including phenoxy) is 2. The van der Waals surface area contributed by atoms with Gasteiger partial charge in [-0.25, -0.2) is 0 Å². The van der Waals surface area contributed by atoms with Gasteiger partial charge >= 0.3 is 0 Å². The number of benzene rings is 3. The van der Waals surface area contributed by atoms with E-state index in [0.29, 0.717) is 5.56 Å². The van der Waals surface area contributed by atoms with Crippen molar-refractivity contribution in [1.29, 1.82) is 0 Å². The second-order valence-electron chi connectivity index (χ2n) is 7.01. The zero-order valence-corrected chi connectivity index (χ0v) is 18.4. The van der Waals surface area contributed by atoms with Crippen LogP contribution in [0.5, 0.6) is 11.5 Å². The van der Waals surface area contributed by atoms with Gasteiger partial charge in [-0.05, 0) is 59.3 Å². The minimum absolute atomic E-state index is 0.0388. The molecule has 0 heterocycles. The van der Waals surface area contributed by atoms with E-state index in [9.17, 15) is 4.79 Å². The molecule has 4 nitrogen and oxygen atoms in total. The van der Waals surface area contributed by atoms with Crippen molar-refractivity contribution in [1.82, 2.24) is 4.90 Å². The van der Waals surface area contributed by atoms with Crippen LogP contribution in [0.2, 0.25) is 0 Å². The zero-order chi connectivity index (χ0) is 21.0. The predicted octanol–water partition coefficient (Wildman–Crippen LogP) is 5.27. The molecule has 0 spiro atoms. The van der Waals surface area contributed by atoms with E-state index in [1.54, 1.807) is 30.9 Å². The van der Waals surface area contributed by atoms with Crippen molar-refractivity contribution in [2.24, 2.45) is 0 Å². The lowest BCUT2D eigenvalue weighted by atomic mass is 9.94. The topological polar surface area (TPSA) is 38.8 Å². The number of rotatable bonds is 7. The fraction of sp³-hybridized carbons (Fsp3) is 0.292. The summed E-state index contributed by atoms with van der Waals surface area (Å²) in [4.78, 5) is 14.5. The zero-order valence-electron chi connectivity index (χ0n) is 17.6. The smallest absolute Gasteiger partial charge is 0.253 e. The van der Waals surface area contributed by atoms with Gasteiger partial charge in [-0.1, -0.05) is 24.3 Å². The van der Waals surface area contributed by atoms with Crippen LogP contribution in [0.15, 0.2) is 48.5 Å². The first-order valence-electron chi connectivity index (χ1n) is 9.50. The molecular formula is C24H27NO3S. The standard InChI is InChI=1S/C24H27NO3S/c1-16-13-21(27-3)23(22(14-16)28-4)20-8-6-7-17-15-18(9-10-19(17)20)24(26)25(2)11-12-29-5/h6-10,13-15H,11-12H2,1-5H3. The first-order chi connectivity index (χ1) is 14.0. The van der Waals surface area contributed by atoms with Crippen molar-refractivity contribution in [3.05, 3.63) is 59.7 Å². The van der Waals surface area contributed by atoms with E-state index < -0.39 is 0 Å². The molecule has 3 aromatic rings. The number of aryl methyl sites for hydroxylation is 1. The van der Waals surface area contributed by atoms with Crippen molar-refractivity contribution < 1.29 is 14.3 Å². The number of methoxy groups -OCH3 is 2. The first kappa shape index (κ1) is 21.1. The van der Waals surface area contributed by atoms with Crippen molar-refractivity contribution in [3.8, 4) is 22.6 Å². The Labute approximate surface area is 176 Å². The van der Waals surface area contributed by atoms with Gasteiger partial charge in [-0.3, -0.25) is 4.79 Å². The molecule has 3 aromatic carbocycles. The quantitative estimate of drug-likeness (QED) is 0.533. The lowest BCUT2D eigenvalue weighted by Crippen LogP contribution is -2.28. The number of fused-ring (bicyclic) bond motifs is 1. The number of carbonyl (C=O) groups excluding carboxylic acids is 1. The average molecular weight is 410 g/mol. The predicted molar refractivity (Wildman–Crippen MR) is 123 cm³/mol. The third-order valence-corrected chi connectivity index (χ3v) is 5.62. The summed E-state index contributed by atoms with van der Waals surface area (Å²) in [6.07, 6.45) is 2.05. The summed E-state index contributed by atoms with van der Waals surface area (Å²) in [6, 6.07) is 16.0. The Morgan fingerprint density at radius 2 is 1.72 bits per heavy atom. The van der Waals surface area contributed by atoms with E-state index in [2.05, 4.69) is 6.07 Å². The van der Waals surface area contributed by atoms with Gasteiger partial charge in [0.2, 0.25) is 0 Å². The lowest BCUT2D eigenvalue weighted by Gasteiger charge is -2.18. The van der Waals surface area contributed by atoms with Crippen LogP contribution in [0.1, 0.15) is 15.9 Å². The van der Waals surface area contributed by atoms with Crippen LogP contribution in [0.3, 0.4) is 0 Å². The van der Waals surface area contributed by atoms with Crippen molar-refractivity contribution in [2.45, 2.75) is 6.92 Å². The Morgan fingerprint density at radius 3 is 2.34 bits per heavy atom. The molecule has 3 rings (SSSR count). The Kier molecular flexibility index (Phi) is 6.70. The molecule has 29 heavy (non-hydrogen) atoms.